The summed E-state index contributed by atoms with van der Waals surface area (Å²) in [4.78, 5) is 4.29. The number of hydrazine groups is 2. The number of aliphatic hydroxyl groups is 1. The van der Waals surface area contributed by atoms with Crippen LogP contribution in [-0.2, 0) is 0 Å². The van der Waals surface area contributed by atoms with E-state index < -0.39 is 0 Å². The number of rotatable bonds is 1. The van der Waals surface area contributed by atoms with Crippen LogP contribution in [0.5, 0.6) is 0 Å². The molecule has 0 saturated carbocycles. The summed E-state index contributed by atoms with van der Waals surface area (Å²) < 4.78 is 0. The van der Waals surface area contributed by atoms with Crippen LogP contribution in [0.2, 0.25) is 0 Å². The molecule has 0 atom stereocenters. The highest BCUT2D eigenvalue weighted by Crippen LogP contribution is 2.38. The smallest absolute Gasteiger partial charge is 0.234 e. The molecule has 1 aromatic heterocycles. The van der Waals surface area contributed by atoms with Crippen LogP contribution >= 0.6 is 0 Å². The lowest BCUT2D eigenvalue weighted by molar-refractivity contribution is 0.388. The Morgan fingerprint density at radius 2 is 1.83 bits per heavy atom. The molecule has 0 saturated heterocycles. The Morgan fingerprint density at radius 1 is 1.04 bits per heavy atom. The molecule has 0 fully saturated rings. The summed E-state index contributed by atoms with van der Waals surface area (Å²) >= 11 is 0. The van der Waals surface area contributed by atoms with E-state index in [1.54, 1.807) is 11.2 Å². The van der Waals surface area contributed by atoms with Gasteiger partial charge in [-0.1, -0.05) is 18.2 Å². The number of aromatic nitrogens is 1. The van der Waals surface area contributed by atoms with E-state index in [0.29, 0.717) is 0 Å². The van der Waals surface area contributed by atoms with Crippen molar-refractivity contribution in [2.24, 2.45) is 0 Å². The lowest BCUT2D eigenvalue weighted by atomic mass is 10.0. The molecule has 2 aliphatic heterocycles. The van der Waals surface area contributed by atoms with Crippen molar-refractivity contribution in [3.63, 3.8) is 0 Å². The molecule has 3 heterocycles. The summed E-state index contributed by atoms with van der Waals surface area (Å²) in [5, 5.41) is 14.2. The number of para-hydroxylation sites is 1. The summed E-state index contributed by atoms with van der Waals surface area (Å²) in [6, 6.07) is 11.9. The summed E-state index contributed by atoms with van der Waals surface area (Å²) in [6.45, 7) is 3.93. The summed E-state index contributed by atoms with van der Waals surface area (Å²) in [5.74, 6) is 0.175. The van der Waals surface area contributed by atoms with Crippen LogP contribution in [0.25, 0.3) is 6.08 Å². The minimum atomic E-state index is 0. The highest BCUT2D eigenvalue weighted by Gasteiger charge is 2.35. The Morgan fingerprint density at radius 3 is 2.57 bits per heavy atom. The number of nitrogens with zero attached hydrogens (tertiary/aromatic N) is 3. The number of hydrogen-bond acceptors (Lipinski definition) is 5. The molecule has 0 amide bonds. The third-order valence-corrected chi connectivity index (χ3v) is 3.92. The van der Waals surface area contributed by atoms with Gasteiger partial charge >= 0.3 is 0 Å². The maximum Gasteiger partial charge on any atom is 0.234 e. The number of aryl methyl sites for hydroxylation is 1. The predicted molar refractivity (Wildman–Crippen MR) is 90.4 cm³/mol. The second kappa shape index (κ2) is 5.42. The molecule has 0 unspecified atom stereocenters. The maximum absolute atomic E-state index is 10.6. The van der Waals surface area contributed by atoms with Crippen LogP contribution in [0.4, 0.5) is 11.4 Å². The largest absolute Gasteiger partial charge is 0.492 e. The normalized spacial score (nSPS) is 15.8. The fourth-order valence-corrected chi connectivity index (χ4v) is 2.82. The number of allylic oxidation sites excluding steroid dienone is 1. The molecule has 2 aliphatic rings. The summed E-state index contributed by atoms with van der Waals surface area (Å²) in [7, 11) is 0. The average molecular weight is 310 g/mol. The van der Waals surface area contributed by atoms with E-state index in [-0.39, 0.29) is 11.4 Å². The predicted octanol–water partition coefficient (Wildman–Crippen LogP) is 2.46. The van der Waals surface area contributed by atoms with Gasteiger partial charge in [0.15, 0.2) is 0 Å². The Hall–Kier alpha value is -2.83. The first kappa shape index (κ1) is 15.1. The van der Waals surface area contributed by atoms with Crippen molar-refractivity contribution in [3.8, 4) is 0 Å². The van der Waals surface area contributed by atoms with E-state index >= 15 is 0 Å². The Kier molecular flexibility index (Phi) is 3.55. The van der Waals surface area contributed by atoms with Crippen LogP contribution in [0, 0.1) is 6.92 Å². The Labute approximate surface area is 134 Å². The van der Waals surface area contributed by atoms with Crippen LogP contribution < -0.4 is 15.6 Å². The lowest BCUT2D eigenvalue weighted by Gasteiger charge is -2.28. The minimum absolute atomic E-state index is 0. The zero-order chi connectivity index (χ0) is 15.3. The van der Waals surface area contributed by atoms with Crippen LogP contribution in [0.3, 0.4) is 0 Å². The van der Waals surface area contributed by atoms with E-state index in [1.165, 1.54) is 0 Å². The first-order valence-corrected chi connectivity index (χ1v) is 7.15. The van der Waals surface area contributed by atoms with E-state index in [9.17, 15) is 5.11 Å². The Balaban J connectivity index is 0.00000156. The number of benzene rings is 1. The highest BCUT2D eigenvalue weighted by molar-refractivity contribution is 5.81. The van der Waals surface area contributed by atoms with Crippen molar-refractivity contribution in [3.05, 3.63) is 71.0 Å². The molecule has 6 nitrogen and oxygen atoms in total. The molecule has 4 N–H and O–H groups in total. The molecule has 1 aromatic carbocycles. The number of nitrogens with one attached hydrogen (secondary N) is 1. The van der Waals surface area contributed by atoms with Gasteiger partial charge in [0.2, 0.25) is 5.88 Å². The lowest BCUT2D eigenvalue weighted by Crippen LogP contribution is -2.42. The van der Waals surface area contributed by atoms with E-state index in [1.807, 2.05) is 49.2 Å². The fraction of sp³-hybridized carbons (Fsp3) is 0.118. The van der Waals surface area contributed by atoms with Gasteiger partial charge in [0.25, 0.3) is 0 Å². The fourth-order valence-electron chi connectivity index (χ4n) is 2.82. The number of fused-ring (bicyclic) bond motifs is 3. The number of hydrogen-bond donors (Lipinski definition) is 2. The molecule has 4 rings (SSSR count). The number of pyridine rings is 1. The van der Waals surface area contributed by atoms with Gasteiger partial charge in [-0.25, -0.2) is 5.01 Å². The van der Waals surface area contributed by atoms with E-state index in [2.05, 4.69) is 22.7 Å². The zero-order valence-electron chi connectivity index (χ0n) is 12.9. The van der Waals surface area contributed by atoms with Crippen molar-refractivity contribution >= 4 is 17.5 Å². The van der Waals surface area contributed by atoms with Gasteiger partial charge in [0, 0.05) is 11.3 Å². The van der Waals surface area contributed by atoms with Crippen LogP contribution in [-0.4, -0.2) is 15.6 Å². The second-order valence-corrected chi connectivity index (χ2v) is 5.49. The molecule has 0 aliphatic carbocycles. The van der Waals surface area contributed by atoms with Gasteiger partial charge in [-0.2, -0.15) is 0 Å². The van der Waals surface area contributed by atoms with Crippen molar-refractivity contribution in [1.29, 1.82) is 0 Å². The molecular weight excluding hydrogens is 292 g/mol. The summed E-state index contributed by atoms with van der Waals surface area (Å²) in [5.41, 5.74) is 8.85. The van der Waals surface area contributed by atoms with Crippen molar-refractivity contribution in [2.75, 3.05) is 10.0 Å². The summed E-state index contributed by atoms with van der Waals surface area (Å²) in [6.07, 6.45) is 3.82. The van der Waals surface area contributed by atoms with Gasteiger partial charge in [-0.15, -0.1) is 5.53 Å². The zero-order valence-corrected chi connectivity index (χ0v) is 12.9. The number of aliphatic hydroxyl groups excluding tert-OH is 1. The molecule has 0 bridgehead atoms. The topological polar surface area (TPSA) is 83.1 Å². The van der Waals surface area contributed by atoms with Gasteiger partial charge in [0.05, 0.1) is 17.6 Å². The van der Waals surface area contributed by atoms with Crippen LogP contribution in [0.15, 0.2) is 59.7 Å². The maximum atomic E-state index is 10.6. The number of anilines is 2. The van der Waals surface area contributed by atoms with Crippen molar-refractivity contribution in [1.82, 2.24) is 10.5 Å². The molecule has 0 spiro atoms. The average Bonchev–Trinajstić information content (AvgIpc) is 2.87. The van der Waals surface area contributed by atoms with Gasteiger partial charge in [0.1, 0.15) is 5.70 Å². The quantitative estimate of drug-likeness (QED) is 0.845. The highest BCUT2D eigenvalue weighted by atomic mass is 16.3. The van der Waals surface area contributed by atoms with Gasteiger partial charge < -0.3 is 10.6 Å². The molecule has 6 heteroatoms. The first-order valence-electron chi connectivity index (χ1n) is 7.15. The second-order valence-electron chi connectivity index (χ2n) is 5.49. The third-order valence-electron chi connectivity index (χ3n) is 3.92. The van der Waals surface area contributed by atoms with E-state index in [0.717, 1.165) is 33.9 Å². The van der Waals surface area contributed by atoms with Crippen molar-refractivity contribution < 1.29 is 10.6 Å². The Bertz CT molecular complexity index is 812. The minimum Gasteiger partial charge on any atom is -0.492 e. The first-order chi connectivity index (χ1) is 10.6. The molecule has 118 valence electrons. The SMILES string of the molecule is CC1=Cc2ccccc2N2NN(c3ccc(C)nc3)C(O)=C12.O. The van der Waals surface area contributed by atoms with Crippen molar-refractivity contribution in [2.45, 2.75) is 13.8 Å². The van der Waals surface area contributed by atoms with Gasteiger partial charge in [-0.05, 0) is 43.7 Å². The molecule has 2 aromatic rings. The van der Waals surface area contributed by atoms with Crippen LogP contribution in [0.1, 0.15) is 18.2 Å². The standard InChI is InChI=1S/C17H16N4O.H2O/c1-11-9-13-5-3-4-6-15(13)21-16(11)17(22)20(19-21)14-8-7-12(2)18-10-14;/h3-10,19,22H,1-2H3;1H2. The van der Waals surface area contributed by atoms with Gasteiger partial charge in [-0.3, -0.25) is 9.99 Å². The van der Waals surface area contributed by atoms with E-state index in [4.69, 9.17) is 0 Å². The molecular formula is C17H18N4O2. The monoisotopic (exact) mass is 310 g/mol. The molecule has 0 radical (unpaired) electrons. The molecule has 23 heavy (non-hydrogen) atoms. The third kappa shape index (κ3) is 2.25.